The molecule has 1 N–H and O–H groups in total. The lowest BCUT2D eigenvalue weighted by molar-refractivity contribution is 0.339. The lowest BCUT2D eigenvalue weighted by atomic mass is 10.1. The minimum absolute atomic E-state index is 0.411. The van der Waals surface area contributed by atoms with Crippen molar-refractivity contribution < 1.29 is 4.74 Å². The standard InChI is InChI=1S/C16H27NOS/c1-5-17-16(12-19-11-13(3)4)14-8-7-9-15(10-14)18-6-2/h7-10,13,16-17H,5-6,11-12H2,1-4H3. The molecule has 2 nitrogen and oxygen atoms in total. The zero-order valence-electron chi connectivity index (χ0n) is 12.6. The van der Waals surface area contributed by atoms with Crippen LogP contribution in [-0.4, -0.2) is 24.7 Å². The van der Waals surface area contributed by atoms with Crippen LogP contribution in [0.4, 0.5) is 0 Å². The molecule has 1 rings (SSSR count). The van der Waals surface area contributed by atoms with Gasteiger partial charge >= 0.3 is 0 Å². The van der Waals surface area contributed by atoms with Crippen molar-refractivity contribution in [2.75, 3.05) is 24.7 Å². The van der Waals surface area contributed by atoms with E-state index in [1.165, 1.54) is 11.3 Å². The van der Waals surface area contributed by atoms with Crippen LogP contribution in [0.5, 0.6) is 5.75 Å². The molecule has 0 aliphatic carbocycles. The first-order chi connectivity index (χ1) is 9.17. The van der Waals surface area contributed by atoms with E-state index in [4.69, 9.17) is 4.74 Å². The van der Waals surface area contributed by atoms with Gasteiger partial charge in [-0.1, -0.05) is 32.9 Å². The van der Waals surface area contributed by atoms with E-state index in [1.807, 2.05) is 24.8 Å². The van der Waals surface area contributed by atoms with E-state index in [0.29, 0.717) is 6.04 Å². The maximum atomic E-state index is 5.58. The second-order valence-electron chi connectivity index (χ2n) is 5.05. The molecule has 1 unspecified atom stereocenters. The molecule has 0 aliphatic heterocycles. The Morgan fingerprint density at radius 3 is 2.63 bits per heavy atom. The highest BCUT2D eigenvalue weighted by Crippen LogP contribution is 2.23. The highest BCUT2D eigenvalue weighted by Gasteiger charge is 2.11. The molecule has 0 spiro atoms. The van der Waals surface area contributed by atoms with E-state index in [2.05, 4.69) is 44.3 Å². The molecule has 19 heavy (non-hydrogen) atoms. The van der Waals surface area contributed by atoms with Gasteiger partial charge in [0.25, 0.3) is 0 Å². The fourth-order valence-corrected chi connectivity index (χ4v) is 3.08. The largest absolute Gasteiger partial charge is 0.494 e. The fraction of sp³-hybridized carbons (Fsp3) is 0.625. The average Bonchev–Trinajstić information content (AvgIpc) is 2.38. The van der Waals surface area contributed by atoms with Crippen molar-refractivity contribution >= 4 is 11.8 Å². The van der Waals surface area contributed by atoms with E-state index in [-0.39, 0.29) is 0 Å². The van der Waals surface area contributed by atoms with Crippen LogP contribution in [0.2, 0.25) is 0 Å². The smallest absolute Gasteiger partial charge is 0.119 e. The van der Waals surface area contributed by atoms with Crippen LogP contribution < -0.4 is 10.1 Å². The van der Waals surface area contributed by atoms with Crippen molar-refractivity contribution in [3.8, 4) is 5.75 Å². The molecule has 1 aromatic carbocycles. The summed E-state index contributed by atoms with van der Waals surface area (Å²) in [5.41, 5.74) is 1.32. The van der Waals surface area contributed by atoms with Crippen LogP contribution in [0.15, 0.2) is 24.3 Å². The van der Waals surface area contributed by atoms with Crippen LogP contribution in [0.1, 0.15) is 39.3 Å². The molecule has 0 heterocycles. The molecule has 3 heteroatoms. The van der Waals surface area contributed by atoms with Crippen molar-refractivity contribution in [1.82, 2.24) is 5.32 Å². The molecule has 0 bridgehead atoms. The summed E-state index contributed by atoms with van der Waals surface area (Å²) >= 11 is 2.02. The number of thioether (sulfide) groups is 1. The summed E-state index contributed by atoms with van der Waals surface area (Å²) in [6.07, 6.45) is 0. The number of benzene rings is 1. The van der Waals surface area contributed by atoms with Crippen LogP contribution in [0, 0.1) is 5.92 Å². The molecule has 1 aromatic rings. The number of hydrogen-bond donors (Lipinski definition) is 1. The van der Waals surface area contributed by atoms with Gasteiger partial charge in [-0.3, -0.25) is 0 Å². The first kappa shape index (κ1) is 16.4. The molecular formula is C16H27NOS. The number of ether oxygens (including phenoxy) is 1. The summed E-state index contributed by atoms with van der Waals surface area (Å²) in [6.45, 7) is 10.4. The topological polar surface area (TPSA) is 21.3 Å². The van der Waals surface area contributed by atoms with Crippen LogP contribution in [0.25, 0.3) is 0 Å². The second-order valence-corrected chi connectivity index (χ2v) is 6.12. The van der Waals surface area contributed by atoms with E-state index >= 15 is 0 Å². The Labute approximate surface area is 122 Å². The van der Waals surface area contributed by atoms with Crippen LogP contribution >= 0.6 is 11.8 Å². The van der Waals surface area contributed by atoms with Gasteiger partial charge in [-0.2, -0.15) is 11.8 Å². The van der Waals surface area contributed by atoms with Gasteiger partial charge in [0.2, 0.25) is 0 Å². The normalized spacial score (nSPS) is 12.7. The number of rotatable bonds is 9. The van der Waals surface area contributed by atoms with Crippen molar-refractivity contribution in [2.24, 2.45) is 5.92 Å². The lowest BCUT2D eigenvalue weighted by Gasteiger charge is -2.19. The van der Waals surface area contributed by atoms with Crippen molar-refractivity contribution in [1.29, 1.82) is 0 Å². The average molecular weight is 281 g/mol. The first-order valence-electron chi connectivity index (χ1n) is 7.21. The summed E-state index contributed by atoms with van der Waals surface area (Å²) in [6, 6.07) is 8.86. The van der Waals surface area contributed by atoms with Gasteiger partial charge in [-0.25, -0.2) is 0 Å². The molecule has 0 aromatic heterocycles. The fourth-order valence-electron chi connectivity index (χ4n) is 1.93. The third-order valence-electron chi connectivity index (χ3n) is 2.76. The summed E-state index contributed by atoms with van der Waals surface area (Å²) in [5, 5.41) is 3.57. The first-order valence-corrected chi connectivity index (χ1v) is 8.36. The van der Waals surface area contributed by atoms with Gasteiger partial charge < -0.3 is 10.1 Å². The lowest BCUT2D eigenvalue weighted by Crippen LogP contribution is -2.23. The number of hydrogen-bond acceptors (Lipinski definition) is 3. The summed E-state index contributed by atoms with van der Waals surface area (Å²) in [5.74, 6) is 4.05. The van der Waals surface area contributed by atoms with E-state index in [9.17, 15) is 0 Å². The molecule has 0 saturated carbocycles. The Morgan fingerprint density at radius 1 is 1.21 bits per heavy atom. The molecule has 108 valence electrons. The van der Waals surface area contributed by atoms with E-state index in [1.54, 1.807) is 0 Å². The Hall–Kier alpha value is -0.670. The van der Waals surface area contributed by atoms with Crippen LogP contribution in [-0.2, 0) is 0 Å². The Balaban J connectivity index is 2.65. The summed E-state index contributed by atoms with van der Waals surface area (Å²) in [4.78, 5) is 0. The summed E-state index contributed by atoms with van der Waals surface area (Å²) in [7, 11) is 0. The molecule has 0 radical (unpaired) electrons. The molecule has 0 fully saturated rings. The van der Waals surface area contributed by atoms with Gasteiger partial charge in [0.15, 0.2) is 0 Å². The Kier molecular flexibility index (Phi) is 7.99. The zero-order valence-corrected chi connectivity index (χ0v) is 13.4. The molecular weight excluding hydrogens is 254 g/mol. The van der Waals surface area contributed by atoms with E-state index < -0.39 is 0 Å². The minimum Gasteiger partial charge on any atom is -0.494 e. The van der Waals surface area contributed by atoms with E-state index in [0.717, 1.165) is 30.6 Å². The van der Waals surface area contributed by atoms with Crippen molar-refractivity contribution in [3.05, 3.63) is 29.8 Å². The highest BCUT2D eigenvalue weighted by molar-refractivity contribution is 7.99. The van der Waals surface area contributed by atoms with Gasteiger partial charge in [0.1, 0.15) is 5.75 Å². The Morgan fingerprint density at radius 2 is 2.00 bits per heavy atom. The van der Waals surface area contributed by atoms with Gasteiger partial charge in [0.05, 0.1) is 6.61 Å². The molecule has 0 amide bonds. The molecule has 0 saturated heterocycles. The third-order valence-corrected chi connectivity index (χ3v) is 4.23. The quantitative estimate of drug-likeness (QED) is 0.735. The third kappa shape index (κ3) is 6.35. The Bertz CT molecular complexity index is 354. The van der Waals surface area contributed by atoms with Crippen molar-refractivity contribution in [3.63, 3.8) is 0 Å². The SMILES string of the molecule is CCNC(CSCC(C)C)c1cccc(OCC)c1. The predicted octanol–water partition coefficient (Wildman–Crippen LogP) is 4.13. The minimum atomic E-state index is 0.411. The second kappa shape index (κ2) is 9.27. The molecule has 0 aliphatic rings. The molecule has 1 atom stereocenters. The maximum Gasteiger partial charge on any atom is 0.119 e. The van der Waals surface area contributed by atoms with Gasteiger partial charge in [-0.15, -0.1) is 0 Å². The zero-order chi connectivity index (χ0) is 14.1. The summed E-state index contributed by atoms with van der Waals surface area (Å²) < 4.78 is 5.58. The highest BCUT2D eigenvalue weighted by atomic mass is 32.2. The van der Waals surface area contributed by atoms with Crippen molar-refractivity contribution in [2.45, 2.75) is 33.7 Å². The van der Waals surface area contributed by atoms with Crippen LogP contribution in [0.3, 0.4) is 0 Å². The van der Waals surface area contributed by atoms with Gasteiger partial charge in [0, 0.05) is 11.8 Å². The number of nitrogens with one attached hydrogen (secondary N) is 1. The maximum absolute atomic E-state index is 5.58. The predicted molar refractivity (Wildman–Crippen MR) is 86.2 cm³/mol. The monoisotopic (exact) mass is 281 g/mol. The van der Waals surface area contributed by atoms with Gasteiger partial charge in [-0.05, 0) is 42.8 Å².